The number of carbonyl (C=O) groups excluding carboxylic acids is 2. The highest BCUT2D eigenvalue weighted by Crippen LogP contribution is 2.27. The molecule has 1 unspecified atom stereocenters. The van der Waals surface area contributed by atoms with Gasteiger partial charge in [-0.25, -0.2) is 14.8 Å². The van der Waals surface area contributed by atoms with Gasteiger partial charge in [0.2, 0.25) is 5.91 Å². The first-order chi connectivity index (χ1) is 9.06. The molecule has 2 rings (SSSR count). The zero-order valence-electron chi connectivity index (χ0n) is 10.1. The van der Waals surface area contributed by atoms with E-state index in [2.05, 4.69) is 46.6 Å². The molecule has 1 atom stereocenters. The van der Waals surface area contributed by atoms with Crippen LogP contribution in [0.2, 0.25) is 0 Å². The van der Waals surface area contributed by atoms with Gasteiger partial charge in [0.05, 0.1) is 13.3 Å². The molecule has 1 saturated heterocycles. The van der Waals surface area contributed by atoms with E-state index in [0.717, 1.165) is 5.33 Å². The van der Waals surface area contributed by atoms with E-state index in [9.17, 15) is 9.59 Å². The van der Waals surface area contributed by atoms with Gasteiger partial charge in [0.25, 0.3) is 0 Å². The van der Waals surface area contributed by atoms with Crippen molar-refractivity contribution in [2.75, 3.05) is 23.9 Å². The molecule has 1 amide bonds. The molecule has 1 aliphatic heterocycles. The lowest BCUT2D eigenvalue weighted by atomic mass is 10.2. The molecule has 2 heterocycles. The lowest BCUT2D eigenvalue weighted by Gasteiger charge is -2.17. The Hall–Kier alpha value is -1.02. The Labute approximate surface area is 126 Å². The van der Waals surface area contributed by atoms with Crippen LogP contribution in [0.15, 0.2) is 10.8 Å². The number of halogens is 2. The Morgan fingerprint density at radius 2 is 2.37 bits per heavy atom. The van der Waals surface area contributed by atoms with E-state index in [1.165, 1.54) is 18.2 Å². The zero-order valence-corrected chi connectivity index (χ0v) is 13.3. The van der Waals surface area contributed by atoms with Crippen molar-refractivity contribution in [1.82, 2.24) is 9.97 Å². The molecule has 1 aromatic rings. The molecular formula is C11H11Br2N3O3. The third kappa shape index (κ3) is 2.94. The number of aromatic nitrogens is 2. The lowest BCUT2D eigenvalue weighted by Crippen LogP contribution is -2.28. The van der Waals surface area contributed by atoms with E-state index in [0.29, 0.717) is 17.6 Å². The van der Waals surface area contributed by atoms with E-state index in [1.807, 2.05) is 0 Å². The minimum Gasteiger partial charge on any atom is -0.464 e. The van der Waals surface area contributed by atoms with Crippen molar-refractivity contribution in [2.24, 2.45) is 5.92 Å². The highest BCUT2D eigenvalue weighted by Gasteiger charge is 2.34. The van der Waals surface area contributed by atoms with Crippen LogP contribution in [0.5, 0.6) is 0 Å². The SMILES string of the molecule is COC(=O)c1nc(Br)cnc1N1CC(CBr)CC1=O. The second-order valence-electron chi connectivity index (χ2n) is 4.09. The summed E-state index contributed by atoms with van der Waals surface area (Å²) >= 11 is 6.51. The average Bonchev–Trinajstić information content (AvgIpc) is 2.79. The fourth-order valence-corrected chi connectivity index (χ4v) is 2.60. The monoisotopic (exact) mass is 391 g/mol. The molecule has 6 nitrogen and oxygen atoms in total. The number of amides is 1. The van der Waals surface area contributed by atoms with Crippen molar-refractivity contribution in [3.63, 3.8) is 0 Å². The molecule has 8 heteroatoms. The predicted octanol–water partition coefficient (Wildman–Crippen LogP) is 1.77. The largest absolute Gasteiger partial charge is 0.464 e. The highest BCUT2D eigenvalue weighted by molar-refractivity contribution is 9.10. The van der Waals surface area contributed by atoms with Gasteiger partial charge in [0.1, 0.15) is 4.60 Å². The number of alkyl halides is 1. The number of anilines is 1. The average molecular weight is 393 g/mol. The molecule has 0 N–H and O–H groups in total. The van der Waals surface area contributed by atoms with Gasteiger partial charge in [0.15, 0.2) is 11.5 Å². The first kappa shape index (κ1) is 14.4. The van der Waals surface area contributed by atoms with E-state index in [4.69, 9.17) is 0 Å². The molecule has 19 heavy (non-hydrogen) atoms. The number of esters is 1. The number of hydrogen-bond donors (Lipinski definition) is 0. The van der Waals surface area contributed by atoms with Crippen molar-refractivity contribution < 1.29 is 14.3 Å². The van der Waals surface area contributed by atoms with Crippen LogP contribution >= 0.6 is 31.9 Å². The molecule has 0 bridgehead atoms. The van der Waals surface area contributed by atoms with Crippen LogP contribution in [0.25, 0.3) is 0 Å². The summed E-state index contributed by atoms with van der Waals surface area (Å²) in [6.45, 7) is 0.518. The van der Waals surface area contributed by atoms with E-state index in [1.54, 1.807) is 0 Å². The summed E-state index contributed by atoms with van der Waals surface area (Å²) in [4.78, 5) is 33.3. The quantitative estimate of drug-likeness (QED) is 0.579. The third-order valence-corrected chi connectivity index (χ3v) is 4.08. The van der Waals surface area contributed by atoms with Gasteiger partial charge in [-0.05, 0) is 21.8 Å². The molecule has 0 radical (unpaired) electrons. The fourth-order valence-electron chi connectivity index (χ4n) is 1.88. The predicted molar refractivity (Wildman–Crippen MR) is 75.3 cm³/mol. The normalized spacial score (nSPS) is 18.8. The van der Waals surface area contributed by atoms with Gasteiger partial charge in [-0.2, -0.15) is 0 Å². The van der Waals surface area contributed by atoms with Gasteiger partial charge in [-0.1, -0.05) is 15.9 Å². The number of hydrogen-bond acceptors (Lipinski definition) is 5. The Balaban J connectivity index is 2.39. The zero-order chi connectivity index (χ0) is 14.0. The Kier molecular flexibility index (Phi) is 4.51. The molecule has 102 valence electrons. The number of carbonyl (C=O) groups is 2. The summed E-state index contributed by atoms with van der Waals surface area (Å²) in [5, 5.41) is 0.729. The molecule has 0 spiro atoms. The molecule has 1 aliphatic rings. The number of rotatable bonds is 3. The summed E-state index contributed by atoms with van der Waals surface area (Å²) in [6.07, 6.45) is 1.89. The van der Waals surface area contributed by atoms with Crippen LogP contribution in [-0.2, 0) is 9.53 Å². The summed E-state index contributed by atoms with van der Waals surface area (Å²) < 4.78 is 5.09. The van der Waals surface area contributed by atoms with E-state index < -0.39 is 5.97 Å². The minimum atomic E-state index is -0.612. The van der Waals surface area contributed by atoms with Crippen molar-refractivity contribution in [1.29, 1.82) is 0 Å². The van der Waals surface area contributed by atoms with Crippen molar-refractivity contribution in [3.05, 3.63) is 16.5 Å². The van der Waals surface area contributed by atoms with Crippen LogP contribution in [0.4, 0.5) is 5.82 Å². The fraction of sp³-hybridized carbons (Fsp3) is 0.455. The summed E-state index contributed by atoms with van der Waals surface area (Å²) in [7, 11) is 1.27. The Bertz CT molecular complexity index is 524. The molecule has 0 aromatic carbocycles. The minimum absolute atomic E-state index is 0.0421. The lowest BCUT2D eigenvalue weighted by molar-refractivity contribution is -0.117. The second-order valence-corrected chi connectivity index (χ2v) is 5.55. The smallest absolute Gasteiger partial charge is 0.360 e. The number of ether oxygens (including phenoxy) is 1. The van der Waals surface area contributed by atoms with Crippen LogP contribution in [0.3, 0.4) is 0 Å². The third-order valence-electron chi connectivity index (χ3n) is 2.78. The summed E-state index contributed by atoms with van der Waals surface area (Å²) in [5.74, 6) is -0.211. The molecule has 0 aliphatic carbocycles. The standard InChI is InChI=1S/C11H11Br2N3O3/c1-19-11(18)9-10(14-4-7(13)15-9)16-5-6(3-12)2-8(16)17/h4,6H,2-3,5H2,1H3. The summed E-state index contributed by atoms with van der Waals surface area (Å²) in [6, 6.07) is 0. The topological polar surface area (TPSA) is 72.4 Å². The molecule has 1 aromatic heterocycles. The van der Waals surface area contributed by atoms with Gasteiger partial charge in [-0.3, -0.25) is 9.69 Å². The van der Waals surface area contributed by atoms with Crippen LogP contribution in [-0.4, -0.2) is 40.8 Å². The maximum atomic E-state index is 12.0. The van der Waals surface area contributed by atoms with E-state index in [-0.39, 0.29) is 23.3 Å². The van der Waals surface area contributed by atoms with Gasteiger partial charge < -0.3 is 4.74 Å². The van der Waals surface area contributed by atoms with Crippen LogP contribution in [0, 0.1) is 5.92 Å². The van der Waals surface area contributed by atoms with Gasteiger partial charge >= 0.3 is 5.97 Å². The van der Waals surface area contributed by atoms with Crippen LogP contribution in [0.1, 0.15) is 16.9 Å². The maximum Gasteiger partial charge on any atom is 0.360 e. The number of nitrogens with zero attached hydrogens (tertiary/aromatic N) is 3. The van der Waals surface area contributed by atoms with E-state index >= 15 is 0 Å². The maximum absolute atomic E-state index is 12.0. The number of methoxy groups -OCH3 is 1. The molecular weight excluding hydrogens is 382 g/mol. The highest BCUT2D eigenvalue weighted by atomic mass is 79.9. The molecule has 0 saturated carbocycles. The van der Waals surface area contributed by atoms with Gasteiger partial charge in [-0.15, -0.1) is 0 Å². The van der Waals surface area contributed by atoms with Crippen LogP contribution < -0.4 is 4.90 Å². The van der Waals surface area contributed by atoms with Gasteiger partial charge in [0, 0.05) is 18.3 Å². The Morgan fingerprint density at radius 1 is 1.63 bits per heavy atom. The van der Waals surface area contributed by atoms with Crippen molar-refractivity contribution >= 4 is 49.6 Å². The van der Waals surface area contributed by atoms with Crippen molar-refractivity contribution in [3.8, 4) is 0 Å². The first-order valence-corrected chi connectivity index (χ1v) is 7.45. The molecule has 1 fully saturated rings. The first-order valence-electron chi connectivity index (χ1n) is 5.54. The summed E-state index contributed by atoms with van der Waals surface area (Å²) in [5.41, 5.74) is 0.0421. The van der Waals surface area contributed by atoms with Crippen molar-refractivity contribution in [2.45, 2.75) is 6.42 Å². The second kappa shape index (κ2) is 5.96. The Morgan fingerprint density at radius 3 is 2.95 bits per heavy atom.